The summed E-state index contributed by atoms with van der Waals surface area (Å²) in [5, 5.41) is 2.76. The van der Waals surface area contributed by atoms with E-state index >= 15 is 0 Å². The van der Waals surface area contributed by atoms with Crippen LogP contribution in [0.25, 0.3) is 0 Å². The number of hydrogen-bond donors (Lipinski definition) is 1. The highest BCUT2D eigenvalue weighted by Crippen LogP contribution is 2.14. The zero-order valence-corrected chi connectivity index (χ0v) is 15.8. The van der Waals surface area contributed by atoms with E-state index in [4.69, 9.17) is 4.42 Å². The number of nitrogens with zero attached hydrogens (tertiary/aromatic N) is 4. The number of piperazine rings is 1. The Labute approximate surface area is 168 Å². The number of amides is 2. The van der Waals surface area contributed by atoms with Crippen LogP contribution >= 0.6 is 0 Å². The Bertz CT molecular complexity index is 950. The molecule has 4 rings (SSSR count). The quantitative estimate of drug-likeness (QED) is 0.717. The van der Waals surface area contributed by atoms with Gasteiger partial charge in [0.1, 0.15) is 0 Å². The molecule has 0 saturated carbocycles. The molecule has 3 aromatic rings. The average molecular weight is 391 g/mol. The van der Waals surface area contributed by atoms with Crippen molar-refractivity contribution >= 4 is 23.5 Å². The Kier molecular flexibility index (Phi) is 5.51. The van der Waals surface area contributed by atoms with Gasteiger partial charge >= 0.3 is 0 Å². The molecule has 0 atom stereocenters. The molecule has 0 radical (unpaired) electrons. The molecule has 1 aromatic carbocycles. The third kappa shape index (κ3) is 4.60. The van der Waals surface area contributed by atoms with Gasteiger partial charge in [0.25, 0.3) is 5.91 Å². The second-order valence-electron chi connectivity index (χ2n) is 6.72. The highest BCUT2D eigenvalue weighted by Gasteiger charge is 2.22. The number of anilines is 2. The van der Waals surface area contributed by atoms with Crippen LogP contribution in [0.15, 0.2) is 65.5 Å². The number of rotatable bonds is 5. The number of benzene rings is 1. The van der Waals surface area contributed by atoms with Crippen LogP contribution in [0, 0.1) is 0 Å². The molecule has 0 bridgehead atoms. The fraction of sp³-hybridized carbons (Fsp3) is 0.238. The Morgan fingerprint density at radius 3 is 2.34 bits per heavy atom. The Morgan fingerprint density at radius 2 is 1.69 bits per heavy atom. The van der Waals surface area contributed by atoms with Crippen molar-refractivity contribution in [1.29, 1.82) is 0 Å². The summed E-state index contributed by atoms with van der Waals surface area (Å²) in [5.74, 6) is 0.737. The van der Waals surface area contributed by atoms with Crippen LogP contribution < -0.4 is 10.2 Å². The molecule has 8 heteroatoms. The Hall–Kier alpha value is -3.68. The van der Waals surface area contributed by atoms with Crippen molar-refractivity contribution < 1.29 is 14.0 Å². The minimum Gasteiger partial charge on any atom is -0.459 e. The van der Waals surface area contributed by atoms with Gasteiger partial charge in [-0.15, -0.1) is 0 Å². The molecule has 2 amide bonds. The first kappa shape index (κ1) is 18.7. The zero-order valence-electron chi connectivity index (χ0n) is 15.8. The van der Waals surface area contributed by atoms with Gasteiger partial charge in [-0.25, -0.2) is 9.97 Å². The standard InChI is InChI=1S/C21H21N5O3/c27-19(25-10-12-26(13-11-25)21-22-8-2-9-23-21)15-16-4-6-17(7-5-16)24-20(28)18-3-1-14-29-18/h1-9,14H,10-13,15H2,(H,24,28). The average Bonchev–Trinajstić information content (AvgIpc) is 3.31. The van der Waals surface area contributed by atoms with Gasteiger partial charge < -0.3 is 19.5 Å². The van der Waals surface area contributed by atoms with E-state index < -0.39 is 0 Å². The maximum absolute atomic E-state index is 12.6. The number of hydrogen-bond acceptors (Lipinski definition) is 6. The van der Waals surface area contributed by atoms with Crippen LogP contribution in [-0.4, -0.2) is 52.9 Å². The second-order valence-corrected chi connectivity index (χ2v) is 6.72. The fourth-order valence-corrected chi connectivity index (χ4v) is 3.20. The zero-order chi connectivity index (χ0) is 20.1. The van der Waals surface area contributed by atoms with E-state index in [2.05, 4.69) is 20.2 Å². The lowest BCUT2D eigenvalue weighted by Crippen LogP contribution is -2.49. The fourth-order valence-electron chi connectivity index (χ4n) is 3.20. The van der Waals surface area contributed by atoms with E-state index in [-0.39, 0.29) is 17.6 Å². The molecule has 0 spiro atoms. The van der Waals surface area contributed by atoms with Crippen LogP contribution in [0.4, 0.5) is 11.6 Å². The van der Waals surface area contributed by atoms with Crippen LogP contribution in [-0.2, 0) is 11.2 Å². The normalized spacial score (nSPS) is 13.9. The predicted molar refractivity (Wildman–Crippen MR) is 108 cm³/mol. The lowest BCUT2D eigenvalue weighted by molar-refractivity contribution is -0.130. The summed E-state index contributed by atoms with van der Waals surface area (Å²) >= 11 is 0. The summed E-state index contributed by atoms with van der Waals surface area (Å²) < 4.78 is 5.07. The van der Waals surface area contributed by atoms with Gasteiger partial charge in [0.2, 0.25) is 11.9 Å². The third-order valence-corrected chi connectivity index (χ3v) is 4.78. The first-order chi connectivity index (χ1) is 14.2. The molecule has 1 aliphatic rings. The molecule has 1 N–H and O–H groups in total. The minimum absolute atomic E-state index is 0.0889. The number of furan rings is 1. The van der Waals surface area contributed by atoms with Crippen molar-refractivity contribution in [3.05, 3.63) is 72.4 Å². The first-order valence-corrected chi connectivity index (χ1v) is 9.42. The molecule has 29 heavy (non-hydrogen) atoms. The monoisotopic (exact) mass is 391 g/mol. The largest absolute Gasteiger partial charge is 0.459 e. The van der Waals surface area contributed by atoms with E-state index in [1.807, 2.05) is 17.0 Å². The summed E-state index contributed by atoms with van der Waals surface area (Å²) in [5.41, 5.74) is 1.55. The van der Waals surface area contributed by atoms with E-state index in [0.29, 0.717) is 44.2 Å². The summed E-state index contributed by atoms with van der Waals surface area (Å²) in [7, 11) is 0. The maximum atomic E-state index is 12.6. The lowest BCUT2D eigenvalue weighted by Gasteiger charge is -2.34. The molecule has 1 fully saturated rings. The predicted octanol–water partition coefficient (Wildman–Crippen LogP) is 2.21. The molecule has 2 aromatic heterocycles. The van der Waals surface area contributed by atoms with Gasteiger partial charge in [-0.05, 0) is 35.9 Å². The molecule has 1 saturated heterocycles. The summed E-state index contributed by atoms with van der Waals surface area (Å²) in [6.07, 6.45) is 5.23. The molecule has 148 valence electrons. The van der Waals surface area contributed by atoms with Crippen LogP contribution in [0.1, 0.15) is 16.1 Å². The number of nitrogens with one attached hydrogen (secondary N) is 1. The van der Waals surface area contributed by atoms with Crippen molar-refractivity contribution in [2.24, 2.45) is 0 Å². The van der Waals surface area contributed by atoms with Gasteiger partial charge in [0, 0.05) is 44.3 Å². The molecular weight excluding hydrogens is 370 g/mol. The summed E-state index contributed by atoms with van der Waals surface area (Å²) in [6, 6.07) is 12.3. The van der Waals surface area contributed by atoms with Gasteiger partial charge in [0.15, 0.2) is 5.76 Å². The van der Waals surface area contributed by atoms with Crippen LogP contribution in [0.5, 0.6) is 0 Å². The van der Waals surface area contributed by atoms with Crippen LogP contribution in [0.2, 0.25) is 0 Å². The Balaban J connectivity index is 1.28. The van der Waals surface area contributed by atoms with Gasteiger partial charge in [-0.2, -0.15) is 0 Å². The molecular formula is C21H21N5O3. The Morgan fingerprint density at radius 1 is 0.966 bits per heavy atom. The van der Waals surface area contributed by atoms with Gasteiger partial charge in [-0.3, -0.25) is 9.59 Å². The number of carbonyl (C=O) groups is 2. The minimum atomic E-state index is -0.306. The number of aromatic nitrogens is 2. The molecule has 3 heterocycles. The van der Waals surface area contributed by atoms with Crippen molar-refractivity contribution in [3.8, 4) is 0 Å². The smallest absolute Gasteiger partial charge is 0.291 e. The molecule has 1 aliphatic heterocycles. The second kappa shape index (κ2) is 8.55. The molecule has 0 unspecified atom stereocenters. The molecule has 8 nitrogen and oxygen atoms in total. The van der Waals surface area contributed by atoms with Crippen molar-refractivity contribution in [3.63, 3.8) is 0 Å². The van der Waals surface area contributed by atoms with Crippen molar-refractivity contribution in [2.45, 2.75) is 6.42 Å². The summed E-state index contributed by atoms with van der Waals surface area (Å²) in [4.78, 5) is 37.1. The van der Waals surface area contributed by atoms with E-state index in [9.17, 15) is 9.59 Å². The van der Waals surface area contributed by atoms with E-state index in [0.717, 1.165) is 5.56 Å². The first-order valence-electron chi connectivity index (χ1n) is 9.42. The maximum Gasteiger partial charge on any atom is 0.291 e. The lowest BCUT2D eigenvalue weighted by atomic mass is 10.1. The summed E-state index contributed by atoms with van der Waals surface area (Å²) in [6.45, 7) is 2.73. The highest BCUT2D eigenvalue weighted by atomic mass is 16.3. The number of carbonyl (C=O) groups excluding carboxylic acids is 2. The topological polar surface area (TPSA) is 91.6 Å². The van der Waals surface area contributed by atoms with Gasteiger partial charge in [0.05, 0.1) is 12.7 Å². The van der Waals surface area contributed by atoms with Crippen molar-refractivity contribution in [2.75, 3.05) is 36.4 Å². The van der Waals surface area contributed by atoms with E-state index in [1.165, 1.54) is 6.26 Å². The van der Waals surface area contributed by atoms with Crippen molar-refractivity contribution in [1.82, 2.24) is 14.9 Å². The molecule has 0 aliphatic carbocycles. The SMILES string of the molecule is O=C(Nc1ccc(CC(=O)N2CCN(c3ncccn3)CC2)cc1)c1ccco1. The highest BCUT2D eigenvalue weighted by molar-refractivity contribution is 6.02. The van der Waals surface area contributed by atoms with Crippen LogP contribution in [0.3, 0.4) is 0 Å². The van der Waals surface area contributed by atoms with E-state index in [1.54, 1.807) is 42.7 Å². The van der Waals surface area contributed by atoms with Gasteiger partial charge in [-0.1, -0.05) is 12.1 Å². The third-order valence-electron chi connectivity index (χ3n) is 4.78.